The van der Waals surface area contributed by atoms with E-state index >= 15 is 0 Å². The second kappa shape index (κ2) is 7.67. The zero-order valence-corrected chi connectivity index (χ0v) is 11.4. The van der Waals surface area contributed by atoms with E-state index < -0.39 is 0 Å². The number of methoxy groups -OCH3 is 1. The number of hydrogen-bond donors (Lipinski definition) is 1. The fourth-order valence-electron chi connectivity index (χ4n) is 2.67. The molecule has 0 aromatic carbocycles. The van der Waals surface area contributed by atoms with Gasteiger partial charge in [-0.2, -0.15) is 0 Å². The van der Waals surface area contributed by atoms with E-state index in [-0.39, 0.29) is 5.97 Å². The van der Waals surface area contributed by atoms with Gasteiger partial charge >= 0.3 is 5.97 Å². The lowest BCUT2D eigenvalue weighted by Gasteiger charge is -2.39. The first-order chi connectivity index (χ1) is 8.19. The van der Waals surface area contributed by atoms with Crippen LogP contribution in [0.2, 0.25) is 0 Å². The molecule has 4 heteroatoms. The molecule has 1 N–H and O–H groups in total. The molecule has 1 aliphatic rings. The number of ether oxygens (including phenoxy) is 1. The summed E-state index contributed by atoms with van der Waals surface area (Å²) in [7, 11) is 3.45. The first kappa shape index (κ1) is 14.5. The van der Waals surface area contributed by atoms with Gasteiger partial charge in [0.25, 0.3) is 0 Å². The molecular weight excluding hydrogens is 216 g/mol. The molecule has 0 aromatic rings. The second-order valence-corrected chi connectivity index (χ2v) is 4.91. The Morgan fingerprint density at radius 2 is 2.29 bits per heavy atom. The molecule has 0 radical (unpaired) electrons. The first-order valence-corrected chi connectivity index (χ1v) is 6.66. The molecule has 4 nitrogen and oxygen atoms in total. The topological polar surface area (TPSA) is 41.6 Å². The lowest BCUT2D eigenvalue weighted by Crippen LogP contribution is -2.46. The largest absolute Gasteiger partial charge is 0.469 e. The number of carbonyl (C=O) groups is 1. The highest BCUT2D eigenvalue weighted by Gasteiger charge is 2.27. The van der Waals surface area contributed by atoms with Crippen LogP contribution in [0.5, 0.6) is 0 Å². The number of likely N-dealkylation sites (tertiary alicyclic amines) is 1. The molecule has 1 fully saturated rings. The average Bonchev–Trinajstić information content (AvgIpc) is 2.36. The third-order valence-corrected chi connectivity index (χ3v) is 3.66. The molecule has 2 unspecified atom stereocenters. The number of nitrogens with one attached hydrogen (secondary N) is 1. The molecule has 0 spiro atoms. The molecule has 1 aliphatic heterocycles. The molecule has 0 saturated carbocycles. The van der Waals surface area contributed by atoms with Crippen LogP contribution in [-0.2, 0) is 9.53 Å². The maximum absolute atomic E-state index is 11.3. The Morgan fingerprint density at radius 1 is 1.53 bits per heavy atom. The predicted octanol–water partition coefficient (Wildman–Crippen LogP) is 1.40. The minimum atomic E-state index is -0.101. The van der Waals surface area contributed by atoms with Crippen LogP contribution in [0, 0.1) is 0 Å². The summed E-state index contributed by atoms with van der Waals surface area (Å²) >= 11 is 0. The Morgan fingerprint density at radius 3 is 2.94 bits per heavy atom. The monoisotopic (exact) mass is 242 g/mol. The normalized spacial score (nSPS) is 23.4. The Hall–Kier alpha value is -0.610. The van der Waals surface area contributed by atoms with E-state index in [1.807, 2.05) is 7.05 Å². The fraction of sp³-hybridized carbons (Fsp3) is 0.923. The van der Waals surface area contributed by atoms with E-state index in [9.17, 15) is 4.79 Å². The van der Waals surface area contributed by atoms with Crippen LogP contribution in [0.3, 0.4) is 0 Å². The summed E-state index contributed by atoms with van der Waals surface area (Å²) in [6.07, 6.45) is 5.50. The first-order valence-electron chi connectivity index (χ1n) is 6.66. The maximum Gasteiger partial charge on any atom is 0.307 e. The van der Waals surface area contributed by atoms with E-state index in [2.05, 4.69) is 17.1 Å². The van der Waals surface area contributed by atoms with Gasteiger partial charge in [0.2, 0.25) is 0 Å². The van der Waals surface area contributed by atoms with Gasteiger partial charge in [-0.25, -0.2) is 0 Å². The van der Waals surface area contributed by atoms with Gasteiger partial charge in [0.1, 0.15) is 0 Å². The standard InChI is InChI=1S/C13H26N2O2/c1-11(10-13(16)17-3)15-9-5-4-6-12(15)7-8-14-2/h11-12,14H,4-10H2,1-3H3. The number of nitrogens with zero attached hydrogens (tertiary/aromatic N) is 1. The minimum absolute atomic E-state index is 0.101. The molecule has 0 aromatic heterocycles. The molecule has 0 amide bonds. The SMILES string of the molecule is CNCCC1CCCCN1C(C)CC(=O)OC. The summed E-state index contributed by atoms with van der Waals surface area (Å²) in [6.45, 7) is 4.30. The molecule has 0 bridgehead atoms. The van der Waals surface area contributed by atoms with Gasteiger partial charge in [0, 0.05) is 12.1 Å². The highest BCUT2D eigenvalue weighted by molar-refractivity contribution is 5.69. The van der Waals surface area contributed by atoms with Crippen molar-refractivity contribution < 1.29 is 9.53 Å². The van der Waals surface area contributed by atoms with Crippen LogP contribution < -0.4 is 5.32 Å². The van der Waals surface area contributed by atoms with E-state index in [4.69, 9.17) is 4.74 Å². The smallest absolute Gasteiger partial charge is 0.307 e. The quantitative estimate of drug-likeness (QED) is 0.715. The molecular formula is C13H26N2O2. The minimum Gasteiger partial charge on any atom is -0.469 e. The molecule has 2 atom stereocenters. The van der Waals surface area contributed by atoms with Gasteiger partial charge in [-0.05, 0) is 46.3 Å². The van der Waals surface area contributed by atoms with Gasteiger partial charge in [-0.1, -0.05) is 6.42 Å². The van der Waals surface area contributed by atoms with Crippen molar-refractivity contribution in [3.63, 3.8) is 0 Å². The lowest BCUT2D eigenvalue weighted by atomic mass is 9.96. The van der Waals surface area contributed by atoms with Gasteiger partial charge in [-0.15, -0.1) is 0 Å². The van der Waals surface area contributed by atoms with Crippen molar-refractivity contribution in [2.75, 3.05) is 27.2 Å². The number of hydrogen-bond acceptors (Lipinski definition) is 4. The summed E-state index contributed by atoms with van der Waals surface area (Å²) in [5.74, 6) is -0.101. The molecule has 17 heavy (non-hydrogen) atoms. The zero-order valence-electron chi connectivity index (χ0n) is 11.4. The van der Waals surface area contributed by atoms with E-state index in [1.165, 1.54) is 32.8 Å². The Bertz CT molecular complexity index is 233. The molecule has 1 saturated heterocycles. The van der Waals surface area contributed by atoms with Gasteiger partial charge in [0.15, 0.2) is 0 Å². The summed E-state index contributed by atoms with van der Waals surface area (Å²) in [5, 5.41) is 3.21. The average molecular weight is 242 g/mol. The third kappa shape index (κ3) is 4.64. The zero-order chi connectivity index (χ0) is 12.7. The predicted molar refractivity (Wildman–Crippen MR) is 69.0 cm³/mol. The van der Waals surface area contributed by atoms with Crippen molar-refractivity contribution in [1.82, 2.24) is 10.2 Å². The van der Waals surface area contributed by atoms with Crippen molar-refractivity contribution in [2.24, 2.45) is 0 Å². The Balaban J connectivity index is 2.48. The van der Waals surface area contributed by atoms with E-state index in [1.54, 1.807) is 0 Å². The van der Waals surface area contributed by atoms with Crippen molar-refractivity contribution in [3.05, 3.63) is 0 Å². The van der Waals surface area contributed by atoms with Crippen LogP contribution in [0.25, 0.3) is 0 Å². The summed E-state index contributed by atoms with van der Waals surface area (Å²) in [5.41, 5.74) is 0. The molecule has 0 aliphatic carbocycles. The summed E-state index contributed by atoms with van der Waals surface area (Å²) in [6, 6.07) is 0.917. The third-order valence-electron chi connectivity index (χ3n) is 3.66. The number of rotatable bonds is 6. The fourth-order valence-corrected chi connectivity index (χ4v) is 2.67. The van der Waals surface area contributed by atoms with Crippen molar-refractivity contribution >= 4 is 5.97 Å². The highest BCUT2D eigenvalue weighted by Crippen LogP contribution is 2.23. The van der Waals surface area contributed by atoms with Gasteiger partial charge < -0.3 is 10.1 Å². The Kier molecular flexibility index (Phi) is 6.52. The van der Waals surface area contributed by atoms with Crippen LogP contribution >= 0.6 is 0 Å². The molecule has 100 valence electrons. The maximum atomic E-state index is 11.3. The highest BCUT2D eigenvalue weighted by atomic mass is 16.5. The lowest BCUT2D eigenvalue weighted by molar-refractivity contribution is -0.142. The molecule has 1 rings (SSSR count). The van der Waals surface area contributed by atoms with Gasteiger partial charge in [-0.3, -0.25) is 9.69 Å². The summed E-state index contributed by atoms with van der Waals surface area (Å²) in [4.78, 5) is 13.8. The van der Waals surface area contributed by atoms with Crippen LogP contribution in [0.4, 0.5) is 0 Å². The number of carbonyl (C=O) groups excluding carboxylic acids is 1. The van der Waals surface area contributed by atoms with E-state index in [0.29, 0.717) is 18.5 Å². The van der Waals surface area contributed by atoms with Crippen molar-refractivity contribution in [2.45, 2.75) is 51.1 Å². The van der Waals surface area contributed by atoms with Crippen molar-refractivity contribution in [3.8, 4) is 0 Å². The van der Waals surface area contributed by atoms with Crippen LogP contribution in [-0.4, -0.2) is 50.2 Å². The number of piperidine rings is 1. The van der Waals surface area contributed by atoms with Crippen LogP contribution in [0.1, 0.15) is 39.0 Å². The van der Waals surface area contributed by atoms with E-state index in [0.717, 1.165) is 13.1 Å². The van der Waals surface area contributed by atoms with Crippen molar-refractivity contribution in [1.29, 1.82) is 0 Å². The molecule has 1 heterocycles. The van der Waals surface area contributed by atoms with Crippen LogP contribution in [0.15, 0.2) is 0 Å². The Labute approximate surface area is 105 Å². The summed E-state index contributed by atoms with van der Waals surface area (Å²) < 4.78 is 4.75. The van der Waals surface area contributed by atoms with Gasteiger partial charge in [0.05, 0.1) is 13.5 Å². The number of esters is 1. The second-order valence-electron chi connectivity index (χ2n) is 4.91.